The normalized spacial score (nSPS) is 13.1. The minimum atomic E-state index is 0. The lowest BCUT2D eigenvalue weighted by molar-refractivity contribution is -0.116. The zero-order valence-corrected chi connectivity index (χ0v) is 15.0. The molecule has 1 aromatic heterocycles. The Balaban J connectivity index is 0.00000192. The van der Waals surface area contributed by atoms with Gasteiger partial charge in [0.15, 0.2) is 0 Å². The maximum Gasteiger partial charge on any atom is 0.225 e. The van der Waals surface area contributed by atoms with Crippen molar-refractivity contribution in [3.05, 3.63) is 45.8 Å². The van der Waals surface area contributed by atoms with Gasteiger partial charge in [-0.2, -0.15) is 0 Å². The van der Waals surface area contributed by atoms with Crippen LogP contribution in [0.25, 0.3) is 0 Å². The summed E-state index contributed by atoms with van der Waals surface area (Å²) in [5.74, 6) is 0.0740. The van der Waals surface area contributed by atoms with Crippen LogP contribution in [0.5, 0.6) is 0 Å². The fourth-order valence-electron chi connectivity index (χ4n) is 3.04. The van der Waals surface area contributed by atoms with Crippen LogP contribution in [0.2, 0.25) is 0 Å². The summed E-state index contributed by atoms with van der Waals surface area (Å²) in [6.45, 7) is 2.13. The summed E-state index contributed by atoms with van der Waals surface area (Å²) in [6, 6.07) is 7.74. The van der Waals surface area contributed by atoms with Crippen molar-refractivity contribution in [2.45, 2.75) is 45.4 Å². The number of nitrogen functional groups attached to an aromatic ring is 1. The minimum Gasteiger partial charge on any atom is -0.399 e. The van der Waals surface area contributed by atoms with Gasteiger partial charge < -0.3 is 11.1 Å². The number of para-hydroxylation sites is 1. The Kier molecular flexibility index (Phi) is 6.08. The summed E-state index contributed by atoms with van der Waals surface area (Å²) in [4.78, 5) is 13.7. The quantitative estimate of drug-likeness (QED) is 0.797. The molecule has 5 heteroatoms. The van der Waals surface area contributed by atoms with Crippen LogP contribution < -0.4 is 11.1 Å². The van der Waals surface area contributed by atoms with Crippen LogP contribution >= 0.6 is 23.7 Å². The molecule has 0 fully saturated rings. The van der Waals surface area contributed by atoms with Crippen LogP contribution in [-0.4, -0.2) is 5.91 Å². The Morgan fingerprint density at radius 1 is 1.26 bits per heavy atom. The number of nitrogens with two attached hydrogens (primary N) is 1. The Hall–Kier alpha value is -1.52. The number of thiophene rings is 1. The number of fused-ring (bicyclic) bond motifs is 1. The lowest BCUT2D eigenvalue weighted by Crippen LogP contribution is -2.12. The van der Waals surface area contributed by atoms with E-state index in [0.717, 1.165) is 29.1 Å². The smallest absolute Gasteiger partial charge is 0.225 e. The van der Waals surface area contributed by atoms with Gasteiger partial charge in [-0.15, -0.1) is 23.7 Å². The van der Waals surface area contributed by atoms with Gasteiger partial charge in [-0.1, -0.05) is 18.2 Å². The molecule has 1 heterocycles. The first-order valence-corrected chi connectivity index (χ1v) is 8.71. The molecule has 0 radical (unpaired) electrons. The molecule has 1 aliphatic carbocycles. The van der Waals surface area contributed by atoms with Crippen LogP contribution in [0.3, 0.4) is 0 Å². The fraction of sp³-hybridized carbons (Fsp3) is 0.389. The lowest BCUT2D eigenvalue weighted by Gasteiger charge is -2.10. The third-order valence-electron chi connectivity index (χ3n) is 4.37. The number of hydrogen-bond donors (Lipinski definition) is 2. The number of carbonyl (C=O) groups is 1. The van der Waals surface area contributed by atoms with Crippen LogP contribution in [0.4, 0.5) is 10.7 Å². The molecule has 0 atom stereocenters. The van der Waals surface area contributed by atoms with Crippen molar-refractivity contribution >= 4 is 40.3 Å². The zero-order valence-electron chi connectivity index (χ0n) is 13.4. The Morgan fingerprint density at radius 3 is 2.74 bits per heavy atom. The van der Waals surface area contributed by atoms with E-state index in [9.17, 15) is 4.79 Å². The second-order valence-electron chi connectivity index (χ2n) is 5.91. The molecule has 0 bridgehead atoms. The summed E-state index contributed by atoms with van der Waals surface area (Å²) in [5, 5.41) is 4.14. The maximum atomic E-state index is 12.2. The first-order valence-electron chi connectivity index (χ1n) is 7.89. The van der Waals surface area contributed by atoms with Gasteiger partial charge >= 0.3 is 0 Å². The summed E-state index contributed by atoms with van der Waals surface area (Å²) < 4.78 is 0. The van der Waals surface area contributed by atoms with Crippen LogP contribution in [0, 0.1) is 6.92 Å². The Bertz CT molecular complexity index is 696. The van der Waals surface area contributed by atoms with Gasteiger partial charge in [-0.05, 0) is 61.8 Å². The van der Waals surface area contributed by atoms with Gasteiger partial charge in [0.05, 0.1) is 5.00 Å². The van der Waals surface area contributed by atoms with Crippen molar-refractivity contribution in [3.8, 4) is 0 Å². The molecule has 3 N–H and O–H groups in total. The standard InChI is InChI=1S/C18H22N2OS.ClH/c1-12-14-7-3-5-9-16(14)22-18(12)20-17(21)11-10-13-6-2-4-8-15(13)19;/h2,4,6,8H,3,5,7,9-11,19H2,1H3,(H,20,21);1H. The molecule has 0 saturated heterocycles. The first kappa shape index (κ1) is 17.8. The first-order chi connectivity index (χ1) is 10.6. The molecule has 0 saturated carbocycles. The number of anilines is 2. The highest BCUT2D eigenvalue weighted by Crippen LogP contribution is 2.37. The van der Waals surface area contributed by atoms with E-state index in [1.807, 2.05) is 24.3 Å². The Labute approximate surface area is 147 Å². The van der Waals surface area contributed by atoms with Crippen LogP contribution in [0.15, 0.2) is 24.3 Å². The van der Waals surface area contributed by atoms with Crippen molar-refractivity contribution in [1.82, 2.24) is 0 Å². The average molecular weight is 351 g/mol. The molecule has 2 aromatic rings. The third kappa shape index (κ3) is 4.06. The number of amides is 1. The molecule has 23 heavy (non-hydrogen) atoms. The molecule has 0 spiro atoms. The molecule has 0 aliphatic heterocycles. The second kappa shape index (κ2) is 7.84. The Morgan fingerprint density at radius 2 is 2.00 bits per heavy atom. The summed E-state index contributed by atoms with van der Waals surface area (Å²) in [5.41, 5.74) is 10.5. The summed E-state index contributed by atoms with van der Waals surface area (Å²) >= 11 is 1.76. The molecule has 3 rings (SSSR count). The monoisotopic (exact) mass is 350 g/mol. The number of hydrogen-bond acceptors (Lipinski definition) is 3. The van der Waals surface area contributed by atoms with Gasteiger partial charge in [0.25, 0.3) is 0 Å². The van der Waals surface area contributed by atoms with Gasteiger partial charge in [0.2, 0.25) is 5.91 Å². The fourth-order valence-corrected chi connectivity index (χ4v) is 4.35. The van der Waals surface area contributed by atoms with Gasteiger partial charge in [-0.3, -0.25) is 4.79 Å². The molecule has 3 nitrogen and oxygen atoms in total. The van der Waals surface area contributed by atoms with Crippen molar-refractivity contribution in [2.24, 2.45) is 0 Å². The topological polar surface area (TPSA) is 55.1 Å². The minimum absolute atomic E-state index is 0. The summed E-state index contributed by atoms with van der Waals surface area (Å²) in [6.07, 6.45) is 6.02. The lowest BCUT2D eigenvalue weighted by atomic mass is 9.96. The van der Waals surface area contributed by atoms with E-state index in [-0.39, 0.29) is 18.3 Å². The van der Waals surface area contributed by atoms with Gasteiger partial charge in [-0.25, -0.2) is 0 Å². The molecular formula is C18H23ClN2OS. The van der Waals surface area contributed by atoms with E-state index in [0.29, 0.717) is 12.8 Å². The molecule has 1 amide bonds. The predicted molar refractivity (Wildman–Crippen MR) is 101 cm³/mol. The van der Waals surface area contributed by atoms with E-state index in [4.69, 9.17) is 5.73 Å². The molecule has 0 unspecified atom stereocenters. The molecule has 1 aromatic carbocycles. The van der Waals surface area contributed by atoms with Crippen molar-refractivity contribution in [1.29, 1.82) is 0 Å². The molecule has 124 valence electrons. The van der Waals surface area contributed by atoms with Crippen molar-refractivity contribution in [3.63, 3.8) is 0 Å². The number of carbonyl (C=O) groups excluding carboxylic acids is 1. The van der Waals surface area contributed by atoms with Crippen LogP contribution in [-0.2, 0) is 24.1 Å². The average Bonchev–Trinajstić information content (AvgIpc) is 2.83. The van der Waals surface area contributed by atoms with E-state index < -0.39 is 0 Å². The van der Waals surface area contributed by atoms with E-state index >= 15 is 0 Å². The zero-order chi connectivity index (χ0) is 15.5. The highest BCUT2D eigenvalue weighted by Gasteiger charge is 2.19. The number of rotatable bonds is 4. The van der Waals surface area contributed by atoms with Gasteiger partial charge in [0.1, 0.15) is 0 Å². The van der Waals surface area contributed by atoms with Crippen molar-refractivity contribution in [2.75, 3.05) is 11.1 Å². The number of benzene rings is 1. The molecule has 1 aliphatic rings. The van der Waals surface area contributed by atoms with Crippen LogP contribution in [0.1, 0.15) is 40.8 Å². The maximum absolute atomic E-state index is 12.2. The SMILES string of the molecule is Cc1c(NC(=O)CCc2ccccc2N)sc2c1CCCC2.Cl. The molecular weight excluding hydrogens is 328 g/mol. The van der Waals surface area contributed by atoms with Crippen molar-refractivity contribution < 1.29 is 4.79 Å². The highest BCUT2D eigenvalue weighted by atomic mass is 35.5. The van der Waals surface area contributed by atoms with Gasteiger partial charge in [0, 0.05) is 17.0 Å². The number of halogens is 1. The van der Waals surface area contributed by atoms with E-state index in [1.165, 1.54) is 28.8 Å². The third-order valence-corrected chi connectivity index (χ3v) is 5.67. The highest BCUT2D eigenvalue weighted by molar-refractivity contribution is 7.16. The summed E-state index contributed by atoms with van der Waals surface area (Å²) in [7, 11) is 0. The van der Waals surface area contributed by atoms with E-state index in [1.54, 1.807) is 11.3 Å². The largest absolute Gasteiger partial charge is 0.399 e. The van der Waals surface area contributed by atoms with E-state index in [2.05, 4.69) is 12.2 Å². The predicted octanol–water partition coefficient (Wildman–Crippen LogP) is 4.51. The number of nitrogens with one attached hydrogen (secondary N) is 1. The second-order valence-corrected chi connectivity index (χ2v) is 7.02. The number of aryl methyl sites for hydroxylation is 2.